The number of carbonyl (C=O) groups is 5. The fourth-order valence-corrected chi connectivity index (χ4v) is 6.80. The highest BCUT2D eigenvalue weighted by Crippen LogP contribution is 2.36. The number of Topliss-reactive ketones (excluding diaryl/α,β-unsaturated/α-hetero) is 1. The quantitative estimate of drug-likeness (QED) is 0.0765. The van der Waals surface area contributed by atoms with Crippen LogP contribution in [0.3, 0.4) is 0 Å². The summed E-state index contributed by atoms with van der Waals surface area (Å²) in [6.45, 7) is 13.0. The molecule has 2 heterocycles. The van der Waals surface area contributed by atoms with Gasteiger partial charge in [0.25, 0.3) is 0 Å². The first-order chi connectivity index (χ1) is 27.0. The van der Waals surface area contributed by atoms with Crippen LogP contribution >= 0.6 is 0 Å². The molecule has 1 aromatic heterocycles. The van der Waals surface area contributed by atoms with E-state index in [0.717, 1.165) is 33.3 Å². The number of nitrogens with zero attached hydrogens (tertiary/aromatic N) is 1. The second-order valence-corrected chi connectivity index (χ2v) is 14.6. The molecule has 1 aliphatic heterocycles. The number of anilines is 1. The second-order valence-electron chi connectivity index (χ2n) is 14.6. The number of rotatable bonds is 18. The number of aryl methyl sites for hydroxylation is 1. The number of primary amides is 1. The molecule has 0 saturated carbocycles. The predicted molar refractivity (Wildman–Crippen MR) is 219 cm³/mol. The normalized spacial score (nSPS) is 16.9. The molecule has 3 atom stereocenters. The molecule has 3 aromatic rings. The zero-order valence-electron chi connectivity index (χ0n) is 33.9. The maximum Gasteiger partial charge on any atom is 0.343 e. The first-order valence-corrected chi connectivity index (χ1v) is 19.4. The molecule has 306 valence electrons. The zero-order chi connectivity index (χ0) is 42.0. The van der Waals surface area contributed by atoms with Crippen LogP contribution in [0.1, 0.15) is 90.1 Å². The van der Waals surface area contributed by atoms with Crippen molar-refractivity contribution in [1.29, 1.82) is 0 Å². The Labute approximate surface area is 333 Å². The number of nitrogens with two attached hydrogens (primary N) is 2. The lowest BCUT2D eigenvalue weighted by Crippen LogP contribution is -2.51. The number of urea groups is 1. The van der Waals surface area contributed by atoms with Crippen LogP contribution in [0.5, 0.6) is 5.75 Å². The van der Waals surface area contributed by atoms with Gasteiger partial charge in [0.15, 0.2) is 11.4 Å². The third kappa shape index (κ3) is 10.6. The highest BCUT2D eigenvalue weighted by atomic mass is 16.6. The monoisotopic (exact) mass is 784 g/mol. The number of allylic oxidation sites excluding steroid dienone is 1. The highest BCUT2D eigenvalue weighted by molar-refractivity contribution is 6.01. The Hall–Kier alpha value is -5.60. The van der Waals surface area contributed by atoms with E-state index in [0.29, 0.717) is 36.3 Å². The molecule has 0 spiro atoms. The average Bonchev–Trinajstić information content (AvgIpc) is 3.18. The van der Waals surface area contributed by atoms with Crippen LogP contribution in [0.15, 0.2) is 59.7 Å². The minimum Gasteiger partial charge on any atom is -0.489 e. The summed E-state index contributed by atoms with van der Waals surface area (Å²) in [5.74, 6) is -1.38. The lowest BCUT2D eigenvalue weighted by Gasteiger charge is -2.32. The summed E-state index contributed by atoms with van der Waals surface area (Å²) in [7, 11) is 0. The molecular weight excluding hydrogens is 729 g/mol. The molecular formula is C43H56N6O8. The summed E-state index contributed by atoms with van der Waals surface area (Å²) in [5.41, 5.74) is 15.4. The van der Waals surface area contributed by atoms with Gasteiger partial charge in [0.2, 0.25) is 11.8 Å². The van der Waals surface area contributed by atoms with Crippen molar-refractivity contribution in [2.45, 2.75) is 105 Å². The van der Waals surface area contributed by atoms with E-state index in [1.54, 1.807) is 25.1 Å². The lowest BCUT2D eigenvalue weighted by atomic mass is 9.82. The fourth-order valence-electron chi connectivity index (χ4n) is 6.80. The van der Waals surface area contributed by atoms with Gasteiger partial charge < -0.3 is 42.0 Å². The van der Waals surface area contributed by atoms with E-state index in [1.807, 2.05) is 51.1 Å². The maximum atomic E-state index is 13.3. The smallest absolute Gasteiger partial charge is 0.343 e. The number of ketones is 1. The zero-order valence-corrected chi connectivity index (χ0v) is 33.9. The number of aromatic nitrogens is 1. The number of carbonyl (C=O) groups excluding carboxylic acids is 5. The molecule has 2 aromatic carbocycles. The number of hydrogen-bond acceptors (Lipinski definition) is 10. The summed E-state index contributed by atoms with van der Waals surface area (Å²) in [6, 6.07) is 10.6. The summed E-state index contributed by atoms with van der Waals surface area (Å²) in [4.78, 5) is 67.3. The van der Waals surface area contributed by atoms with Gasteiger partial charge in [0, 0.05) is 28.8 Å². The number of fused-ring (bicyclic) bond motifs is 1. The van der Waals surface area contributed by atoms with Crippen LogP contribution < -0.4 is 32.2 Å². The standard InChI is InChI=1S/C43H56N6O8/c1-8-30-31(9-2)38(25(6)20-34-33(26(7)50)23-57-41(53)43(34,55)10-3)48-35-18-17-29(21-32(30)35)56-22-27-13-15-28(16-14-27)47-39(51)36(12-11-19-46-42(45)54)49-40(52)37(44)24(4)5/h13-18,20-21,24,36-37,55H,8-12,19,22-23,44H2,1-7H3,(H,47,51)(H,49,52)(H3,45,46,54)/b25-20+/t36-,37-,43-/m0/s1. The summed E-state index contributed by atoms with van der Waals surface area (Å²) >= 11 is 0. The van der Waals surface area contributed by atoms with Gasteiger partial charge in [-0.05, 0) is 111 Å². The summed E-state index contributed by atoms with van der Waals surface area (Å²) < 4.78 is 11.4. The van der Waals surface area contributed by atoms with Crippen molar-refractivity contribution in [2.24, 2.45) is 17.4 Å². The fraction of sp³-hybridized carbons (Fsp3) is 0.442. The van der Waals surface area contributed by atoms with E-state index in [2.05, 4.69) is 29.8 Å². The summed E-state index contributed by atoms with van der Waals surface area (Å²) in [6.07, 6.45) is 3.80. The number of cyclic esters (lactones) is 1. The van der Waals surface area contributed by atoms with Crippen LogP contribution in [0.25, 0.3) is 16.5 Å². The lowest BCUT2D eigenvalue weighted by molar-refractivity contribution is -0.163. The van der Waals surface area contributed by atoms with Crippen molar-refractivity contribution in [3.05, 3.63) is 82.1 Å². The van der Waals surface area contributed by atoms with Crippen molar-refractivity contribution < 1.29 is 38.6 Å². The topological polar surface area (TPSA) is 225 Å². The minimum atomic E-state index is -1.94. The van der Waals surface area contributed by atoms with Crippen molar-refractivity contribution >= 4 is 51.8 Å². The van der Waals surface area contributed by atoms with Gasteiger partial charge in [0.1, 0.15) is 25.0 Å². The molecule has 1 aliphatic rings. The van der Waals surface area contributed by atoms with E-state index in [4.69, 9.17) is 25.9 Å². The third-order valence-corrected chi connectivity index (χ3v) is 10.3. The Kier molecular flexibility index (Phi) is 15.1. The van der Waals surface area contributed by atoms with Crippen molar-refractivity contribution in [3.63, 3.8) is 0 Å². The van der Waals surface area contributed by atoms with Gasteiger partial charge in [-0.2, -0.15) is 0 Å². The first-order valence-electron chi connectivity index (χ1n) is 19.4. The molecule has 4 amide bonds. The largest absolute Gasteiger partial charge is 0.489 e. The SMILES string of the molecule is CCc1c(/C(C)=C/C2=C(C(C)=O)COC(=O)[C@]2(O)CC)nc2ccc(OCc3ccc(NC(=O)[C@H](CCCNC(N)=O)NC(=O)[C@@H](N)C(C)C)cc3)cc2c1CC. The van der Waals surface area contributed by atoms with Gasteiger partial charge in [-0.25, -0.2) is 14.6 Å². The van der Waals surface area contributed by atoms with Gasteiger partial charge in [0.05, 0.1) is 17.3 Å². The number of ether oxygens (including phenoxy) is 2. The molecule has 4 rings (SSSR count). The molecule has 14 nitrogen and oxygen atoms in total. The third-order valence-electron chi connectivity index (χ3n) is 10.3. The van der Waals surface area contributed by atoms with Crippen LogP contribution in [0.4, 0.5) is 10.5 Å². The van der Waals surface area contributed by atoms with E-state index in [1.165, 1.54) is 6.92 Å². The Morgan fingerprint density at radius 2 is 1.70 bits per heavy atom. The number of amides is 4. The second kappa shape index (κ2) is 19.5. The van der Waals surface area contributed by atoms with E-state index < -0.39 is 41.5 Å². The highest BCUT2D eigenvalue weighted by Gasteiger charge is 2.44. The van der Waals surface area contributed by atoms with Gasteiger partial charge in [-0.3, -0.25) is 14.4 Å². The molecule has 57 heavy (non-hydrogen) atoms. The molecule has 0 fully saturated rings. The number of pyridine rings is 1. The van der Waals surface area contributed by atoms with Gasteiger partial charge in [-0.15, -0.1) is 0 Å². The Morgan fingerprint density at radius 1 is 1.02 bits per heavy atom. The van der Waals surface area contributed by atoms with Crippen LogP contribution in [-0.4, -0.2) is 70.5 Å². The van der Waals surface area contributed by atoms with E-state index >= 15 is 0 Å². The number of hydrogen-bond donors (Lipinski definition) is 6. The van der Waals surface area contributed by atoms with Crippen molar-refractivity contribution in [2.75, 3.05) is 18.5 Å². The molecule has 0 radical (unpaired) electrons. The first kappa shape index (κ1) is 44.1. The molecule has 0 saturated heterocycles. The van der Waals surface area contributed by atoms with Crippen molar-refractivity contribution in [1.82, 2.24) is 15.6 Å². The van der Waals surface area contributed by atoms with E-state index in [9.17, 15) is 29.1 Å². The van der Waals surface area contributed by atoms with Crippen LogP contribution in [0, 0.1) is 5.92 Å². The molecule has 0 bridgehead atoms. The predicted octanol–water partition coefficient (Wildman–Crippen LogP) is 4.78. The molecule has 8 N–H and O–H groups in total. The Balaban J connectivity index is 1.52. The minimum absolute atomic E-state index is 0.0488. The number of aliphatic hydroxyl groups is 1. The van der Waals surface area contributed by atoms with Gasteiger partial charge in [-0.1, -0.05) is 46.8 Å². The summed E-state index contributed by atoms with van der Waals surface area (Å²) in [5, 5.41) is 20.4. The average molecular weight is 785 g/mol. The number of esters is 1. The van der Waals surface area contributed by atoms with Crippen molar-refractivity contribution in [3.8, 4) is 5.75 Å². The molecule has 14 heteroatoms. The van der Waals surface area contributed by atoms with Crippen LogP contribution in [-0.2, 0) is 43.4 Å². The Bertz CT molecular complexity index is 2060. The maximum absolute atomic E-state index is 13.3. The van der Waals surface area contributed by atoms with Gasteiger partial charge >= 0.3 is 12.0 Å². The molecule has 0 aliphatic carbocycles. The number of nitrogens with one attached hydrogen (secondary N) is 3. The number of benzene rings is 2. The van der Waals surface area contributed by atoms with Crippen LogP contribution in [0.2, 0.25) is 0 Å². The van der Waals surface area contributed by atoms with E-state index in [-0.39, 0.29) is 55.4 Å². The Morgan fingerprint density at radius 3 is 2.30 bits per heavy atom. The molecule has 0 unspecified atom stereocenters.